The van der Waals surface area contributed by atoms with Crippen molar-refractivity contribution in [2.75, 3.05) is 39.8 Å². The van der Waals surface area contributed by atoms with Gasteiger partial charge in [-0.25, -0.2) is 18.4 Å². The molecule has 0 unspecified atom stereocenters. The number of nitrogens with one attached hydrogen (secondary N) is 2. The van der Waals surface area contributed by atoms with Crippen LogP contribution in [0, 0.1) is 6.92 Å². The zero-order valence-corrected chi connectivity index (χ0v) is 24.1. The maximum absolute atomic E-state index is 13.5. The lowest BCUT2D eigenvalue weighted by Crippen LogP contribution is -2.47. The van der Waals surface area contributed by atoms with Gasteiger partial charge >= 0.3 is 0 Å². The standard InChI is InChI=1S/C26H35N9O4S/c1-5-7-20-23-24(32-35(20)16-22-27-17(3)30-31-22)26(36)29-25(28-23)19-15-18(8-9-21(19)39-14-6-2)40(37,38)34-12-10-33(4)11-13-34/h8-9,15H,5-7,10-14,16H2,1-4H3,(H,27,30,31)(H,28,29,36). The molecule has 4 aromatic rings. The Labute approximate surface area is 232 Å². The number of ether oxygens (including phenoxy) is 1. The van der Waals surface area contributed by atoms with Crippen molar-refractivity contribution in [1.82, 2.24) is 44.1 Å². The van der Waals surface area contributed by atoms with Gasteiger partial charge in [0.15, 0.2) is 5.52 Å². The molecule has 0 atom stereocenters. The number of aromatic nitrogens is 7. The second-order valence-electron chi connectivity index (χ2n) is 10.0. The van der Waals surface area contributed by atoms with Gasteiger partial charge in [0.05, 0.1) is 22.8 Å². The Hall–Kier alpha value is -3.62. The van der Waals surface area contributed by atoms with E-state index in [0.29, 0.717) is 74.2 Å². The minimum atomic E-state index is -3.75. The van der Waals surface area contributed by atoms with Gasteiger partial charge in [0.25, 0.3) is 5.56 Å². The fourth-order valence-corrected chi connectivity index (χ4v) is 6.23. The summed E-state index contributed by atoms with van der Waals surface area (Å²) in [5, 5.41) is 11.5. The number of nitrogens with zero attached hydrogens (tertiary/aromatic N) is 7. The first-order valence-electron chi connectivity index (χ1n) is 13.5. The van der Waals surface area contributed by atoms with Crippen LogP contribution in [-0.2, 0) is 23.0 Å². The highest BCUT2D eigenvalue weighted by Gasteiger charge is 2.29. The number of aromatic amines is 2. The van der Waals surface area contributed by atoms with E-state index in [1.54, 1.807) is 29.8 Å². The van der Waals surface area contributed by atoms with Crippen molar-refractivity contribution in [3.05, 3.63) is 45.9 Å². The van der Waals surface area contributed by atoms with Crippen molar-refractivity contribution >= 4 is 21.1 Å². The summed E-state index contributed by atoms with van der Waals surface area (Å²) < 4.78 is 36.3. The van der Waals surface area contributed by atoms with E-state index in [9.17, 15) is 13.2 Å². The summed E-state index contributed by atoms with van der Waals surface area (Å²) in [7, 11) is -1.78. The molecule has 0 saturated carbocycles. The van der Waals surface area contributed by atoms with E-state index in [4.69, 9.17) is 9.72 Å². The average Bonchev–Trinajstić information content (AvgIpc) is 3.51. The number of H-pyrrole nitrogens is 2. The second-order valence-corrected chi connectivity index (χ2v) is 11.9. The summed E-state index contributed by atoms with van der Waals surface area (Å²) >= 11 is 0. The molecule has 1 aliphatic heterocycles. The van der Waals surface area contributed by atoms with Gasteiger partial charge in [0.2, 0.25) is 10.0 Å². The summed E-state index contributed by atoms with van der Waals surface area (Å²) in [6, 6.07) is 4.74. The Bertz CT molecular complexity index is 1670. The SMILES string of the molecule is CCCOc1ccc(S(=O)(=O)N2CCN(C)CC2)cc1-c1nc2c(CCC)n(Cc3nc(C)n[nH]3)nc2c(=O)[nH]1. The Balaban J connectivity index is 1.62. The van der Waals surface area contributed by atoms with Crippen molar-refractivity contribution in [3.63, 3.8) is 0 Å². The zero-order chi connectivity index (χ0) is 28.4. The van der Waals surface area contributed by atoms with Gasteiger partial charge < -0.3 is 14.6 Å². The number of aryl methyl sites for hydroxylation is 2. The maximum Gasteiger partial charge on any atom is 0.279 e. The molecule has 14 heteroatoms. The number of sulfonamides is 1. The first-order valence-corrected chi connectivity index (χ1v) is 15.0. The molecular formula is C26H35N9O4S. The van der Waals surface area contributed by atoms with Gasteiger partial charge in [-0.05, 0) is 45.0 Å². The monoisotopic (exact) mass is 569 g/mol. The van der Waals surface area contributed by atoms with Gasteiger partial charge in [-0.2, -0.15) is 14.5 Å². The molecule has 4 heterocycles. The zero-order valence-electron chi connectivity index (χ0n) is 23.3. The topological polar surface area (TPSA) is 155 Å². The molecule has 0 aliphatic carbocycles. The van der Waals surface area contributed by atoms with E-state index < -0.39 is 15.6 Å². The van der Waals surface area contributed by atoms with Crippen LogP contribution in [0.5, 0.6) is 5.75 Å². The number of piperazine rings is 1. The first-order chi connectivity index (χ1) is 19.2. The molecule has 1 saturated heterocycles. The molecule has 1 fully saturated rings. The lowest BCUT2D eigenvalue weighted by Gasteiger charge is -2.31. The molecule has 0 spiro atoms. The molecule has 1 aromatic carbocycles. The van der Waals surface area contributed by atoms with Gasteiger partial charge in [-0.1, -0.05) is 20.3 Å². The molecule has 2 N–H and O–H groups in total. The quantitative estimate of drug-likeness (QED) is 0.291. The third-order valence-corrected chi connectivity index (χ3v) is 8.79. The fraction of sp³-hybridized carbons (Fsp3) is 0.500. The van der Waals surface area contributed by atoms with E-state index in [-0.39, 0.29) is 16.2 Å². The summed E-state index contributed by atoms with van der Waals surface area (Å²) in [4.78, 5) is 27.5. The van der Waals surface area contributed by atoms with Crippen LogP contribution in [0.15, 0.2) is 27.9 Å². The minimum Gasteiger partial charge on any atom is -0.493 e. The Kier molecular flexibility index (Phi) is 8.01. The molecule has 0 bridgehead atoms. The number of fused-ring (bicyclic) bond motifs is 1. The van der Waals surface area contributed by atoms with E-state index in [1.165, 1.54) is 4.31 Å². The van der Waals surface area contributed by atoms with Crippen LogP contribution in [0.3, 0.4) is 0 Å². The number of hydrogen-bond acceptors (Lipinski definition) is 9. The van der Waals surface area contributed by atoms with E-state index in [1.807, 2.05) is 20.9 Å². The van der Waals surface area contributed by atoms with Crippen LogP contribution < -0.4 is 10.3 Å². The predicted molar refractivity (Wildman–Crippen MR) is 150 cm³/mol. The van der Waals surface area contributed by atoms with Crippen molar-refractivity contribution in [2.45, 2.75) is 51.5 Å². The Morgan fingerprint density at radius 3 is 2.50 bits per heavy atom. The van der Waals surface area contributed by atoms with Crippen molar-refractivity contribution in [1.29, 1.82) is 0 Å². The van der Waals surface area contributed by atoms with Crippen LogP contribution >= 0.6 is 0 Å². The van der Waals surface area contributed by atoms with E-state index in [2.05, 4.69) is 30.2 Å². The smallest absolute Gasteiger partial charge is 0.279 e. The highest BCUT2D eigenvalue weighted by Crippen LogP contribution is 2.32. The van der Waals surface area contributed by atoms with E-state index >= 15 is 0 Å². The van der Waals surface area contributed by atoms with Crippen LogP contribution in [0.1, 0.15) is 44.0 Å². The molecule has 40 heavy (non-hydrogen) atoms. The van der Waals surface area contributed by atoms with Crippen LogP contribution in [0.25, 0.3) is 22.4 Å². The number of hydrogen-bond donors (Lipinski definition) is 2. The lowest BCUT2D eigenvalue weighted by molar-refractivity contribution is 0.222. The van der Waals surface area contributed by atoms with Crippen molar-refractivity contribution in [3.8, 4) is 17.1 Å². The van der Waals surface area contributed by atoms with Crippen molar-refractivity contribution in [2.24, 2.45) is 0 Å². The Morgan fingerprint density at radius 2 is 1.82 bits per heavy atom. The van der Waals surface area contributed by atoms with Gasteiger partial charge in [-0.15, -0.1) is 0 Å². The lowest BCUT2D eigenvalue weighted by atomic mass is 10.1. The van der Waals surface area contributed by atoms with Gasteiger partial charge in [-0.3, -0.25) is 14.6 Å². The van der Waals surface area contributed by atoms with Gasteiger partial charge in [0, 0.05) is 26.2 Å². The largest absolute Gasteiger partial charge is 0.493 e. The molecule has 0 radical (unpaired) electrons. The second kappa shape index (κ2) is 11.5. The first kappa shape index (κ1) is 27.9. The number of benzene rings is 1. The molecule has 3 aromatic heterocycles. The molecule has 1 aliphatic rings. The summed E-state index contributed by atoms with van der Waals surface area (Å²) in [6.07, 6.45) is 2.21. The minimum absolute atomic E-state index is 0.129. The van der Waals surface area contributed by atoms with Crippen LogP contribution in [-0.4, -0.2) is 92.4 Å². The molecule has 214 valence electrons. The van der Waals surface area contributed by atoms with Gasteiger partial charge in [0.1, 0.15) is 35.3 Å². The molecule has 13 nitrogen and oxygen atoms in total. The normalized spacial score (nSPS) is 15.2. The average molecular weight is 570 g/mol. The maximum atomic E-state index is 13.5. The van der Waals surface area contributed by atoms with E-state index in [0.717, 1.165) is 18.5 Å². The molecule has 5 rings (SSSR count). The van der Waals surface area contributed by atoms with Crippen molar-refractivity contribution < 1.29 is 13.2 Å². The summed E-state index contributed by atoms with van der Waals surface area (Å²) in [6.45, 7) is 8.70. The summed E-state index contributed by atoms with van der Waals surface area (Å²) in [5.74, 6) is 1.92. The summed E-state index contributed by atoms with van der Waals surface area (Å²) in [5.41, 5.74) is 1.45. The van der Waals surface area contributed by atoms with Crippen LogP contribution in [0.2, 0.25) is 0 Å². The molecular weight excluding hydrogens is 534 g/mol. The molecule has 0 amide bonds. The third-order valence-electron chi connectivity index (χ3n) is 6.90. The Morgan fingerprint density at radius 1 is 1.05 bits per heavy atom. The number of likely N-dealkylation sites (N-methyl/N-ethyl adjacent to an activating group) is 1. The fourth-order valence-electron chi connectivity index (χ4n) is 4.78. The number of rotatable bonds is 10. The van der Waals surface area contributed by atoms with Crippen LogP contribution in [0.4, 0.5) is 0 Å². The predicted octanol–water partition coefficient (Wildman–Crippen LogP) is 1.94. The highest BCUT2D eigenvalue weighted by atomic mass is 32.2. The highest BCUT2D eigenvalue weighted by molar-refractivity contribution is 7.89. The third kappa shape index (κ3) is 5.51.